The summed E-state index contributed by atoms with van der Waals surface area (Å²) in [6, 6.07) is 8.08. The summed E-state index contributed by atoms with van der Waals surface area (Å²) in [6.07, 6.45) is 3.36. The molecule has 106 valence electrons. The molecule has 1 aliphatic rings. The monoisotopic (exact) mass is 262 g/mol. The van der Waals surface area contributed by atoms with Gasteiger partial charge in [0, 0.05) is 30.2 Å². The van der Waals surface area contributed by atoms with E-state index in [0.29, 0.717) is 11.8 Å². The predicted molar refractivity (Wildman–Crippen MR) is 79.4 cm³/mol. The molecule has 0 bridgehead atoms. The smallest absolute Gasteiger partial charge is 0.120 e. The van der Waals surface area contributed by atoms with Crippen molar-refractivity contribution < 1.29 is 5.11 Å². The Hall–Kier alpha value is -1.06. The zero-order valence-electron chi connectivity index (χ0n) is 12.3. The van der Waals surface area contributed by atoms with Crippen molar-refractivity contribution in [2.24, 2.45) is 0 Å². The molecular weight excluding hydrogens is 236 g/mol. The van der Waals surface area contributed by atoms with E-state index in [-0.39, 0.29) is 5.54 Å². The summed E-state index contributed by atoms with van der Waals surface area (Å²) in [5, 5.41) is 13.5. The molecule has 0 amide bonds. The van der Waals surface area contributed by atoms with Gasteiger partial charge in [0.05, 0.1) is 0 Å². The lowest BCUT2D eigenvalue weighted by Crippen LogP contribution is -2.50. The van der Waals surface area contributed by atoms with Crippen LogP contribution in [0.25, 0.3) is 0 Å². The minimum Gasteiger partial charge on any atom is -0.508 e. The third kappa shape index (κ3) is 3.10. The summed E-state index contributed by atoms with van der Waals surface area (Å²) in [5.41, 5.74) is 1.34. The van der Waals surface area contributed by atoms with E-state index in [1.54, 1.807) is 6.07 Å². The molecule has 1 aromatic carbocycles. The highest BCUT2D eigenvalue weighted by Gasteiger charge is 2.31. The zero-order valence-corrected chi connectivity index (χ0v) is 12.3. The van der Waals surface area contributed by atoms with E-state index < -0.39 is 0 Å². The molecule has 19 heavy (non-hydrogen) atoms. The second-order valence-electron chi connectivity index (χ2n) is 5.83. The molecule has 0 aliphatic carbocycles. The van der Waals surface area contributed by atoms with Crippen LogP contribution >= 0.6 is 0 Å². The molecule has 1 fully saturated rings. The minimum absolute atomic E-state index is 0.271. The molecule has 1 atom stereocenters. The quantitative estimate of drug-likeness (QED) is 0.876. The Labute approximate surface area is 116 Å². The fourth-order valence-electron chi connectivity index (χ4n) is 3.02. The molecule has 3 heteroatoms. The first-order chi connectivity index (χ1) is 9.09. The third-order valence-corrected chi connectivity index (χ3v) is 4.63. The van der Waals surface area contributed by atoms with Gasteiger partial charge >= 0.3 is 0 Å². The molecule has 1 heterocycles. The van der Waals surface area contributed by atoms with Crippen molar-refractivity contribution in [2.75, 3.05) is 20.1 Å². The van der Waals surface area contributed by atoms with E-state index in [1.165, 1.54) is 0 Å². The molecule has 0 radical (unpaired) electrons. The molecule has 2 N–H and O–H groups in total. The number of phenols is 1. The Morgan fingerprint density at radius 1 is 1.32 bits per heavy atom. The summed E-state index contributed by atoms with van der Waals surface area (Å²) >= 11 is 0. The molecule has 1 unspecified atom stereocenters. The highest BCUT2D eigenvalue weighted by atomic mass is 16.3. The van der Waals surface area contributed by atoms with Crippen LogP contribution in [0, 0.1) is 0 Å². The van der Waals surface area contributed by atoms with Crippen molar-refractivity contribution in [3.8, 4) is 5.75 Å². The number of rotatable bonds is 4. The lowest BCUT2D eigenvalue weighted by molar-refractivity contribution is 0.106. The normalized spacial score (nSPS) is 21.2. The summed E-state index contributed by atoms with van der Waals surface area (Å²) in [7, 11) is 2.05. The average molecular weight is 262 g/mol. The van der Waals surface area contributed by atoms with Gasteiger partial charge in [0.15, 0.2) is 0 Å². The van der Waals surface area contributed by atoms with Crippen molar-refractivity contribution >= 4 is 0 Å². The number of nitrogens with one attached hydrogen (secondary N) is 1. The second kappa shape index (κ2) is 5.93. The highest BCUT2D eigenvalue weighted by molar-refractivity contribution is 5.34. The van der Waals surface area contributed by atoms with E-state index in [9.17, 15) is 5.11 Å². The minimum atomic E-state index is 0.271. The van der Waals surface area contributed by atoms with Gasteiger partial charge in [0.25, 0.3) is 0 Å². The van der Waals surface area contributed by atoms with Gasteiger partial charge in [-0.1, -0.05) is 25.1 Å². The van der Waals surface area contributed by atoms with Crippen LogP contribution in [-0.2, 0) is 0 Å². The van der Waals surface area contributed by atoms with Gasteiger partial charge in [-0.05, 0) is 39.3 Å². The second-order valence-corrected chi connectivity index (χ2v) is 5.83. The Morgan fingerprint density at radius 3 is 2.47 bits per heavy atom. The van der Waals surface area contributed by atoms with Crippen molar-refractivity contribution in [1.29, 1.82) is 0 Å². The molecule has 2 rings (SSSR count). The lowest BCUT2D eigenvalue weighted by Gasteiger charge is -2.42. The summed E-state index contributed by atoms with van der Waals surface area (Å²) in [4.78, 5) is 2.51. The summed E-state index contributed by atoms with van der Waals surface area (Å²) in [6.45, 7) is 6.67. The van der Waals surface area contributed by atoms with E-state index >= 15 is 0 Å². The number of hydrogen-bond acceptors (Lipinski definition) is 3. The lowest BCUT2D eigenvalue weighted by atomic mass is 9.88. The van der Waals surface area contributed by atoms with E-state index in [2.05, 4.69) is 37.2 Å². The molecule has 1 aromatic rings. The Kier molecular flexibility index (Phi) is 4.48. The van der Waals surface area contributed by atoms with Crippen molar-refractivity contribution in [3.05, 3.63) is 29.8 Å². The van der Waals surface area contributed by atoms with Gasteiger partial charge in [-0.15, -0.1) is 0 Å². The number of hydrogen-bond donors (Lipinski definition) is 2. The molecule has 0 spiro atoms. The van der Waals surface area contributed by atoms with E-state index in [0.717, 1.165) is 37.9 Å². The van der Waals surface area contributed by atoms with E-state index in [1.807, 2.05) is 12.1 Å². The zero-order chi connectivity index (χ0) is 13.9. The maximum atomic E-state index is 10.1. The molecule has 3 nitrogen and oxygen atoms in total. The first kappa shape index (κ1) is 14.4. The Morgan fingerprint density at radius 2 is 1.95 bits per heavy atom. The molecule has 0 aromatic heterocycles. The van der Waals surface area contributed by atoms with Crippen LogP contribution < -0.4 is 5.32 Å². The van der Waals surface area contributed by atoms with Crippen LogP contribution in [0.15, 0.2) is 24.3 Å². The third-order valence-electron chi connectivity index (χ3n) is 4.63. The summed E-state index contributed by atoms with van der Waals surface area (Å²) in [5.74, 6) is 0.427. The maximum absolute atomic E-state index is 10.1. The van der Waals surface area contributed by atoms with Crippen LogP contribution in [0.1, 0.15) is 44.7 Å². The molecule has 1 saturated heterocycles. The fourth-order valence-corrected chi connectivity index (χ4v) is 3.02. The van der Waals surface area contributed by atoms with Gasteiger partial charge in [0.2, 0.25) is 0 Å². The number of nitrogens with zero attached hydrogens (tertiary/aromatic N) is 1. The number of piperidine rings is 1. The van der Waals surface area contributed by atoms with Gasteiger partial charge in [0.1, 0.15) is 5.75 Å². The van der Waals surface area contributed by atoms with Gasteiger partial charge < -0.3 is 10.4 Å². The van der Waals surface area contributed by atoms with Crippen molar-refractivity contribution in [2.45, 2.75) is 44.7 Å². The van der Waals surface area contributed by atoms with Crippen LogP contribution in [0.2, 0.25) is 0 Å². The predicted octanol–water partition coefficient (Wildman–Crippen LogP) is 2.92. The van der Waals surface area contributed by atoms with Crippen molar-refractivity contribution in [3.63, 3.8) is 0 Å². The number of para-hydroxylation sites is 1. The van der Waals surface area contributed by atoms with Crippen LogP contribution in [0.5, 0.6) is 5.75 Å². The van der Waals surface area contributed by atoms with Crippen LogP contribution in [0.3, 0.4) is 0 Å². The Bertz CT molecular complexity index is 411. The standard InChI is InChI=1S/C16H26N2O/c1-4-14(13-7-5-6-8-15(13)19)18-11-9-16(2,17-3)10-12-18/h5-8,14,17,19H,4,9-12H2,1-3H3. The number of aromatic hydroxyl groups is 1. The highest BCUT2D eigenvalue weighted by Crippen LogP contribution is 2.34. The maximum Gasteiger partial charge on any atom is 0.120 e. The van der Waals surface area contributed by atoms with Gasteiger partial charge in [-0.25, -0.2) is 0 Å². The number of likely N-dealkylation sites (tertiary alicyclic amines) is 1. The van der Waals surface area contributed by atoms with Gasteiger partial charge in [-0.2, -0.15) is 0 Å². The molecule has 1 aliphatic heterocycles. The van der Waals surface area contributed by atoms with Crippen LogP contribution in [0.4, 0.5) is 0 Å². The molecule has 0 saturated carbocycles. The number of benzene rings is 1. The SMILES string of the molecule is CCC(c1ccccc1O)N1CCC(C)(NC)CC1. The van der Waals surface area contributed by atoms with Crippen LogP contribution in [-0.4, -0.2) is 35.7 Å². The average Bonchev–Trinajstić information content (AvgIpc) is 2.44. The first-order valence-corrected chi connectivity index (χ1v) is 7.30. The Balaban J connectivity index is 2.10. The van der Waals surface area contributed by atoms with Crippen molar-refractivity contribution in [1.82, 2.24) is 10.2 Å². The molecular formula is C16H26N2O. The first-order valence-electron chi connectivity index (χ1n) is 7.30. The van der Waals surface area contributed by atoms with E-state index in [4.69, 9.17) is 0 Å². The number of phenolic OH excluding ortho intramolecular Hbond substituents is 1. The van der Waals surface area contributed by atoms with Gasteiger partial charge in [-0.3, -0.25) is 4.90 Å². The summed E-state index contributed by atoms with van der Waals surface area (Å²) < 4.78 is 0. The fraction of sp³-hybridized carbons (Fsp3) is 0.625. The largest absolute Gasteiger partial charge is 0.508 e. The topological polar surface area (TPSA) is 35.5 Å².